The molecule has 1 aliphatic rings. The van der Waals surface area contributed by atoms with Gasteiger partial charge in [-0.1, -0.05) is 12.1 Å². The Bertz CT molecular complexity index is 683. The Hall–Kier alpha value is -1.89. The summed E-state index contributed by atoms with van der Waals surface area (Å²) >= 11 is 1.48. The molecule has 1 aliphatic heterocycles. The van der Waals surface area contributed by atoms with Crippen molar-refractivity contribution in [3.63, 3.8) is 0 Å². The van der Waals surface area contributed by atoms with E-state index in [1.807, 2.05) is 43.3 Å². The van der Waals surface area contributed by atoms with Gasteiger partial charge in [0, 0.05) is 11.3 Å². The maximum absolute atomic E-state index is 12.4. The van der Waals surface area contributed by atoms with Crippen LogP contribution in [-0.4, -0.2) is 36.4 Å². The van der Waals surface area contributed by atoms with Crippen molar-refractivity contribution in [1.82, 2.24) is 5.32 Å². The molecule has 0 aliphatic carbocycles. The number of carbonyl (C=O) groups is 1. The first-order valence-corrected chi connectivity index (χ1v) is 8.79. The number of ether oxygens (including phenoxy) is 2. The molecule has 128 valence electrons. The van der Waals surface area contributed by atoms with Crippen molar-refractivity contribution in [3.05, 3.63) is 51.7 Å². The van der Waals surface area contributed by atoms with E-state index in [0.717, 1.165) is 22.6 Å². The number of thiophene rings is 1. The Morgan fingerprint density at radius 3 is 2.79 bits per heavy atom. The summed E-state index contributed by atoms with van der Waals surface area (Å²) in [6, 6.07) is 10.9. The molecule has 2 N–H and O–H groups in total. The van der Waals surface area contributed by atoms with E-state index in [0.29, 0.717) is 18.1 Å². The molecular formula is C18H21NO4S. The monoisotopic (exact) mass is 347 g/mol. The fraction of sp³-hybridized carbons (Fsp3) is 0.389. The van der Waals surface area contributed by atoms with Gasteiger partial charge in [-0.25, -0.2) is 0 Å². The molecule has 3 rings (SSSR count). The molecule has 2 heterocycles. The largest absolute Gasteiger partial charge is 0.488 e. The van der Waals surface area contributed by atoms with Crippen LogP contribution in [0.1, 0.15) is 26.5 Å². The highest BCUT2D eigenvalue weighted by Crippen LogP contribution is 2.20. The minimum atomic E-state index is -0.189. The highest BCUT2D eigenvalue weighted by atomic mass is 32.1. The molecule has 0 unspecified atom stereocenters. The van der Waals surface area contributed by atoms with Crippen LogP contribution < -0.4 is 10.1 Å². The Morgan fingerprint density at radius 2 is 2.12 bits per heavy atom. The van der Waals surface area contributed by atoms with Gasteiger partial charge in [0.15, 0.2) is 0 Å². The van der Waals surface area contributed by atoms with E-state index in [2.05, 4.69) is 5.32 Å². The summed E-state index contributed by atoms with van der Waals surface area (Å²) in [5.74, 6) is 0.637. The normalized spacial score (nSPS) is 20.6. The Labute approximate surface area is 145 Å². The number of carbonyl (C=O) groups excluding carboxylic acids is 1. The number of hydrogen-bond donors (Lipinski definition) is 2. The smallest absolute Gasteiger partial charge is 0.261 e. The second kappa shape index (κ2) is 7.79. The van der Waals surface area contributed by atoms with Crippen LogP contribution >= 0.6 is 11.3 Å². The van der Waals surface area contributed by atoms with E-state index in [1.54, 1.807) is 0 Å². The van der Waals surface area contributed by atoms with Gasteiger partial charge >= 0.3 is 0 Å². The third kappa shape index (κ3) is 4.14. The van der Waals surface area contributed by atoms with Gasteiger partial charge in [0.25, 0.3) is 5.91 Å². The number of aliphatic hydroxyl groups excluding tert-OH is 1. The van der Waals surface area contributed by atoms with Gasteiger partial charge in [-0.3, -0.25) is 4.79 Å². The van der Waals surface area contributed by atoms with Crippen molar-refractivity contribution in [1.29, 1.82) is 0 Å². The van der Waals surface area contributed by atoms with Gasteiger partial charge < -0.3 is 19.9 Å². The van der Waals surface area contributed by atoms with Gasteiger partial charge in [-0.05, 0) is 36.8 Å². The topological polar surface area (TPSA) is 67.8 Å². The van der Waals surface area contributed by atoms with Crippen LogP contribution in [0.4, 0.5) is 0 Å². The zero-order valence-corrected chi connectivity index (χ0v) is 14.3. The lowest BCUT2D eigenvalue weighted by Gasteiger charge is -2.32. The number of rotatable bonds is 5. The molecule has 6 heteroatoms. The summed E-state index contributed by atoms with van der Waals surface area (Å²) in [6.45, 7) is 3.04. The third-order valence-corrected chi connectivity index (χ3v) is 4.97. The lowest BCUT2D eigenvalue weighted by Crippen LogP contribution is -2.51. The van der Waals surface area contributed by atoms with E-state index in [-0.39, 0.29) is 24.7 Å². The van der Waals surface area contributed by atoms with Crippen molar-refractivity contribution < 1.29 is 19.4 Å². The summed E-state index contributed by atoms with van der Waals surface area (Å²) in [6.07, 6.45) is 0.583. The molecule has 5 nitrogen and oxygen atoms in total. The minimum absolute atomic E-state index is 0.0104. The number of aryl methyl sites for hydroxylation is 1. The predicted molar refractivity (Wildman–Crippen MR) is 92.5 cm³/mol. The summed E-state index contributed by atoms with van der Waals surface area (Å²) in [4.78, 5) is 14.2. The summed E-state index contributed by atoms with van der Waals surface area (Å²) in [5, 5.41) is 12.1. The lowest BCUT2D eigenvalue weighted by molar-refractivity contribution is -0.00283. The molecule has 0 bridgehead atoms. The highest BCUT2D eigenvalue weighted by Gasteiger charge is 2.29. The van der Waals surface area contributed by atoms with Crippen LogP contribution in [0.2, 0.25) is 0 Å². The molecule has 2 atom stereocenters. The van der Waals surface area contributed by atoms with Crippen LogP contribution in [-0.2, 0) is 11.3 Å². The number of hydrogen-bond acceptors (Lipinski definition) is 5. The second-order valence-electron chi connectivity index (χ2n) is 5.81. The van der Waals surface area contributed by atoms with Crippen molar-refractivity contribution in [3.8, 4) is 5.75 Å². The fourth-order valence-corrected chi connectivity index (χ4v) is 3.41. The van der Waals surface area contributed by atoms with Crippen molar-refractivity contribution in [2.45, 2.75) is 32.1 Å². The SMILES string of the molecule is Cc1ccc(C(=O)N[C@@H]2COCC[C@H]2Oc2ccc(CO)cc2)s1. The minimum Gasteiger partial charge on any atom is -0.488 e. The van der Waals surface area contributed by atoms with Gasteiger partial charge in [-0.15, -0.1) is 11.3 Å². The van der Waals surface area contributed by atoms with Gasteiger partial charge in [-0.2, -0.15) is 0 Å². The van der Waals surface area contributed by atoms with Crippen LogP contribution in [0.25, 0.3) is 0 Å². The molecule has 1 saturated heterocycles. The zero-order valence-electron chi connectivity index (χ0n) is 13.5. The van der Waals surface area contributed by atoms with Crippen LogP contribution in [0, 0.1) is 6.92 Å². The average molecular weight is 347 g/mol. The molecule has 1 aromatic heterocycles. The molecular weight excluding hydrogens is 326 g/mol. The maximum Gasteiger partial charge on any atom is 0.261 e. The molecule has 1 aromatic carbocycles. The molecule has 1 amide bonds. The van der Waals surface area contributed by atoms with Crippen molar-refractivity contribution in [2.75, 3.05) is 13.2 Å². The molecule has 24 heavy (non-hydrogen) atoms. The van der Waals surface area contributed by atoms with Gasteiger partial charge in [0.1, 0.15) is 11.9 Å². The van der Waals surface area contributed by atoms with Crippen LogP contribution in [0.3, 0.4) is 0 Å². The first-order valence-electron chi connectivity index (χ1n) is 7.97. The second-order valence-corrected chi connectivity index (χ2v) is 7.10. The number of aliphatic hydroxyl groups is 1. The van der Waals surface area contributed by atoms with Gasteiger partial charge in [0.05, 0.1) is 30.7 Å². The third-order valence-electron chi connectivity index (χ3n) is 3.97. The van der Waals surface area contributed by atoms with Crippen LogP contribution in [0.5, 0.6) is 5.75 Å². The van der Waals surface area contributed by atoms with Crippen molar-refractivity contribution in [2.24, 2.45) is 0 Å². The molecule has 0 radical (unpaired) electrons. The fourth-order valence-electron chi connectivity index (χ4n) is 2.64. The highest BCUT2D eigenvalue weighted by molar-refractivity contribution is 7.13. The molecule has 2 aromatic rings. The zero-order chi connectivity index (χ0) is 16.9. The molecule has 0 spiro atoms. The van der Waals surface area contributed by atoms with E-state index in [9.17, 15) is 4.79 Å². The number of benzene rings is 1. The number of nitrogens with one attached hydrogen (secondary N) is 1. The Kier molecular flexibility index (Phi) is 5.50. The predicted octanol–water partition coefficient (Wildman–Crippen LogP) is 2.52. The quantitative estimate of drug-likeness (QED) is 0.872. The Balaban J connectivity index is 1.65. The first-order chi connectivity index (χ1) is 11.7. The Morgan fingerprint density at radius 1 is 1.33 bits per heavy atom. The summed E-state index contributed by atoms with van der Waals surface area (Å²) in [5.41, 5.74) is 0.840. The summed E-state index contributed by atoms with van der Waals surface area (Å²) < 4.78 is 11.5. The van der Waals surface area contributed by atoms with Crippen LogP contribution in [0.15, 0.2) is 36.4 Å². The maximum atomic E-state index is 12.4. The van der Waals surface area contributed by atoms with E-state index in [4.69, 9.17) is 14.6 Å². The average Bonchev–Trinajstić information content (AvgIpc) is 3.04. The summed E-state index contributed by atoms with van der Waals surface area (Å²) in [7, 11) is 0. The van der Waals surface area contributed by atoms with Crippen molar-refractivity contribution >= 4 is 17.2 Å². The van der Waals surface area contributed by atoms with E-state index < -0.39 is 0 Å². The van der Waals surface area contributed by atoms with E-state index in [1.165, 1.54) is 11.3 Å². The van der Waals surface area contributed by atoms with E-state index >= 15 is 0 Å². The van der Waals surface area contributed by atoms with Gasteiger partial charge in [0.2, 0.25) is 0 Å². The standard InChI is InChI=1S/C18H21NO4S/c1-12-2-7-17(24-12)18(21)19-15-11-22-9-8-16(15)23-14-5-3-13(10-20)4-6-14/h2-7,15-16,20H,8-11H2,1H3,(H,19,21)/t15-,16-/m1/s1. The molecule has 0 saturated carbocycles. The number of amides is 1. The first kappa shape index (κ1) is 17.0. The molecule has 1 fully saturated rings. The lowest BCUT2D eigenvalue weighted by atomic mass is 10.1.